The van der Waals surface area contributed by atoms with Gasteiger partial charge in [0.15, 0.2) is 5.15 Å². The number of pyridine rings is 1. The molecule has 0 spiro atoms. The fourth-order valence-corrected chi connectivity index (χ4v) is 2.42. The van der Waals surface area contributed by atoms with E-state index in [-0.39, 0.29) is 6.04 Å². The number of nitrogens with one attached hydrogen (secondary N) is 1. The Morgan fingerprint density at radius 3 is 2.58 bits per heavy atom. The largest absolute Gasteiger partial charge is 0.376 e. The first-order chi connectivity index (χ1) is 8.97. The van der Waals surface area contributed by atoms with E-state index in [1.54, 1.807) is 12.3 Å². The summed E-state index contributed by atoms with van der Waals surface area (Å²) in [6.07, 6.45) is 1.65. The van der Waals surface area contributed by atoms with E-state index >= 15 is 0 Å². The highest BCUT2D eigenvalue weighted by atomic mass is 79.9. The standard InChI is InChI=1S/C13H10BrCl3N2/c1-7(8-2-3-10(15)11(16)4-8)19-12-5-9(14)6-18-13(12)17/h2-7,19H,1H3. The van der Waals surface area contributed by atoms with Crippen molar-refractivity contribution >= 4 is 56.4 Å². The minimum Gasteiger partial charge on any atom is -0.376 e. The second kappa shape index (κ2) is 6.31. The molecule has 1 heterocycles. The summed E-state index contributed by atoms with van der Waals surface area (Å²) in [6, 6.07) is 7.44. The van der Waals surface area contributed by atoms with Gasteiger partial charge in [-0.3, -0.25) is 0 Å². The van der Waals surface area contributed by atoms with Crippen molar-refractivity contribution in [2.24, 2.45) is 0 Å². The van der Waals surface area contributed by atoms with Gasteiger partial charge in [0, 0.05) is 16.7 Å². The van der Waals surface area contributed by atoms with E-state index in [0.29, 0.717) is 15.2 Å². The normalized spacial score (nSPS) is 12.3. The monoisotopic (exact) mass is 378 g/mol. The van der Waals surface area contributed by atoms with Gasteiger partial charge in [-0.15, -0.1) is 0 Å². The Hall–Kier alpha value is -0.480. The predicted molar refractivity (Wildman–Crippen MR) is 85.4 cm³/mol. The molecule has 2 rings (SSSR count). The molecule has 0 saturated carbocycles. The molecule has 2 aromatic rings. The minimum atomic E-state index is 0.0309. The first-order valence-corrected chi connectivity index (χ1v) is 7.42. The van der Waals surface area contributed by atoms with Crippen LogP contribution in [0.25, 0.3) is 0 Å². The number of benzene rings is 1. The van der Waals surface area contributed by atoms with Gasteiger partial charge in [0.2, 0.25) is 0 Å². The summed E-state index contributed by atoms with van der Waals surface area (Å²) in [4.78, 5) is 4.07. The molecule has 0 bridgehead atoms. The van der Waals surface area contributed by atoms with Crippen LogP contribution >= 0.6 is 50.7 Å². The van der Waals surface area contributed by atoms with Gasteiger partial charge in [-0.25, -0.2) is 4.98 Å². The smallest absolute Gasteiger partial charge is 0.152 e. The molecule has 6 heteroatoms. The number of aromatic nitrogens is 1. The Kier molecular flexibility index (Phi) is 4.96. The molecule has 1 N–H and O–H groups in total. The fourth-order valence-electron chi connectivity index (χ4n) is 1.62. The van der Waals surface area contributed by atoms with Crippen LogP contribution in [0.15, 0.2) is 34.9 Å². The maximum atomic E-state index is 6.04. The molecule has 1 aromatic heterocycles. The second-order valence-electron chi connectivity index (χ2n) is 4.03. The molecular formula is C13H10BrCl3N2. The molecule has 1 aromatic carbocycles. The van der Waals surface area contributed by atoms with Crippen LogP contribution in [-0.4, -0.2) is 4.98 Å². The molecular weight excluding hydrogens is 370 g/mol. The Bertz CT molecular complexity index is 604. The molecule has 0 saturated heterocycles. The van der Waals surface area contributed by atoms with E-state index in [0.717, 1.165) is 15.7 Å². The molecule has 2 nitrogen and oxygen atoms in total. The van der Waals surface area contributed by atoms with Crippen molar-refractivity contribution in [2.45, 2.75) is 13.0 Å². The van der Waals surface area contributed by atoms with Crippen LogP contribution in [0.4, 0.5) is 5.69 Å². The zero-order valence-corrected chi connectivity index (χ0v) is 13.8. The van der Waals surface area contributed by atoms with Gasteiger partial charge in [-0.05, 0) is 46.6 Å². The fraction of sp³-hybridized carbons (Fsp3) is 0.154. The van der Waals surface area contributed by atoms with E-state index in [1.807, 2.05) is 25.1 Å². The zero-order valence-electron chi connectivity index (χ0n) is 9.92. The summed E-state index contributed by atoms with van der Waals surface area (Å²) < 4.78 is 0.862. The van der Waals surface area contributed by atoms with Gasteiger partial charge < -0.3 is 5.32 Å². The van der Waals surface area contributed by atoms with Crippen LogP contribution in [0.1, 0.15) is 18.5 Å². The van der Waals surface area contributed by atoms with Gasteiger partial charge in [-0.1, -0.05) is 40.9 Å². The van der Waals surface area contributed by atoms with Crippen LogP contribution in [0, 0.1) is 0 Å². The summed E-state index contributed by atoms with van der Waals surface area (Å²) in [7, 11) is 0. The lowest BCUT2D eigenvalue weighted by Crippen LogP contribution is -2.07. The third-order valence-electron chi connectivity index (χ3n) is 2.62. The van der Waals surface area contributed by atoms with Crippen molar-refractivity contribution < 1.29 is 0 Å². The summed E-state index contributed by atoms with van der Waals surface area (Å²) >= 11 is 21.3. The molecule has 1 unspecified atom stereocenters. The molecule has 0 aliphatic rings. The van der Waals surface area contributed by atoms with Gasteiger partial charge in [0.05, 0.1) is 15.7 Å². The van der Waals surface area contributed by atoms with Crippen LogP contribution in [0.5, 0.6) is 0 Å². The maximum Gasteiger partial charge on any atom is 0.152 e. The van der Waals surface area contributed by atoms with Crippen molar-refractivity contribution in [3.8, 4) is 0 Å². The average Bonchev–Trinajstić information content (AvgIpc) is 2.37. The second-order valence-corrected chi connectivity index (χ2v) is 6.12. The minimum absolute atomic E-state index is 0.0309. The first-order valence-electron chi connectivity index (χ1n) is 5.50. The third-order valence-corrected chi connectivity index (χ3v) is 4.10. The van der Waals surface area contributed by atoms with E-state index < -0.39 is 0 Å². The van der Waals surface area contributed by atoms with Crippen LogP contribution in [0.2, 0.25) is 15.2 Å². The summed E-state index contributed by atoms with van der Waals surface area (Å²) in [5, 5.41) is 4.79. The lowest BCUT2D eigenvalue weighted by molar-refractivity contribution is 0.883. The number of hydrogen-bond donors (Lipinski definition) is 1. The van der Waals surface area contributed by atoms with Gasteiger partial charge in [0.1, 0.15) is 0 Å². The van der Waals surface area contributed by atoms with E-state index in [9.17, 15) is 0 Å². The number of nitrogens with zero attached hydrogens (tertiary/aromatic N) is 1. The summed E-state index contributed by atoms with van der Waals surface area (Å²) in [5.41, 5.74) is 1.78. The first kappa shape index (κ1) is 14.9. The van der Waals surface area contributed by atoms with Crippen LogP contribution in [0.3, 0.4) is 0 Å². The molecule has 0 radical (unpaired) electrons. The van der Waals surface area contributed by atoms with Crippen LogP contribution in [-0.2, 0) is 0 Å². The number of halogens is 4. The highest BCUT2D eigenvalue weighted by Crippen LogP contribution is 2.30. The van der Waals surface area contributed by atoms with Crippen molar-refractivity contribution in [3.05, 3.63) is 55.7 Å². The van der Waals surface area contributed by atoms with Gasteiger partial charge >= 0.3 is 0 Å². The molecule has 19 heavy (non-hydrogen) atoms. The maximum absolute atomic E-state index is 6.04. The number of hydrogen-bond acceptors (Lipinski definition) is 2. The quantitative estimate of drug-likeness (QED) is 0.663. The Labute approximate surface area is 135 Å². The van der Waals surface area contributed by atoms with Crippen molar-refractivity contribution in [2.75, 3.05) is 5.32 Å². The van der Waals surface area contributed by atoms with Crippen LogP contribution < -0.4 is 5.32 Å². The lowest BCUT2D eigenvalue weighted by atomic mass is 10.1. The highest BCUT2D eigenvalue weighted by Gasteiger charge is 2.10. The highest BCUT2D eigenvalue weighted by molar-refractivity contribution is 9.10. The average molecular weight is 381 g/mol. The molecule has 0 aliphatic heterocycles. The molecule has 1 atom stereocenters. The van der Waals surface area contributed by atoms with Crippen molar-refractivity contribution in [3.63, 3.8) is 0 Å². The molecule has 100 valence electrons. The van der Waals surface area contributed by atoms with Crippen molar-refractivity contribution in [1.82, 2.24) is 4.98 Å². The Balaban J connectivity index is 2.22. The van der Waals surface area contributed by atoms with E-state index in [2.05, 4.69) is 26.2 Å². The van der Waals surface area contributed by atoms with E-state index in [1.165, 1.54) is 0 Å². The number of rotatable bonds is 3. The summed E-state index contributed by atoms with van der Waals surface area (Å²) in [5.74, 6) is 0. The molecule has 0 fully saturated rings. The van der Waals surface area contributed by atoms with Crippen molar-refractivity contribution in [1.29, 1.82) is 0 Å². The predicted octanol–water partition coefficient (Wildman–Crippen LogP) is 5.98. The molecule has 0 amide bonds. The Morgan fingerprint density at radius 2 is 1.89 bits per heavy atom. The van der Waals surface area contributed by atoms with Gasteiger partial charge in [0.25, 0.3) is 0 Å². The lowest BCUT2D eigenvalue weighted by Gasteiger charge is -2.17. The van der Waals surface area contributed by atoms with E-state index in [4.69, 9.17) is 34.8 Å². The third kappa shape index (κ3) is 3.76. The Morgan fingerprint density at radius 1 is 1.16 bits per heavy atom. The topological polar surface area (TPSA) is 24.9 Å². The zero-order chi connectivity index (χ0) is 14.0. The van der Waals surface area contributed by atoms with Gasteiger partial charge in [-0.2, -0.15) is 0 Å². The SMILES string of the molecule is CC(Nc1cc(Br)cnc1Cl)c1ccc(Cl)c(Cl)c1. The summed E-state index contributed by atoms with van der Waals surface area (Å²) in [6.45, 7) is 2.01. The molecule has 0 aliphatic carbocycles. The number of anilines is 1.